The Kier molecular flexibility index (Phi) is 7.17. The van der Waals surface area contributed by atoms with Gasteiger partial charge in [0, 0.05) is 6.04 Å². The number of ketones is 1. The van der Waals surface area contributed by atoms with Gasteiger partial charge in [0.1, 0.15) is 23.4 Å². The molecular weight excluding hydrogens is 506 g/mol. The molecular formula is C23H27F4N3O5S. The highest BCUT2D eigenvalue weighted by atomic mass is 32.2. The highest BCUT2D eigenvalue weighted by Crippen LogP contribution is 2.38. The fourth-order valence-corrected chi connectivity index (χ4v) is 5.90. The van der Waals surface area contributed by atoms with E-state index in [2.05, 4.69) is 16.0 Å². The number of halogens is 4. The Labute approximate surface area is 205 Å². The average Bonchev–Trinajstić information content (AvgIpc) is 3.61. The van der Waals surface area contributed by atoms with E-state index in [9.17, 15) is 40.4 Å². The summed E-state index contributed by atoms with van der Waals surface area (Å²) in [5.74, 6) is -4.98. The number of amides is 2. The first kappa shape index (κ1) is 26.5. The number of Topliss-reactive ketones (excluding diaryl/α,β-unsaturated/α-hetero) is 1. The van der Waals surface area contributed by atoms with E-state index < -0.39 is 68.4 Å². The largest absolute Gasteiger partial charge is 0.407 e. The maximum absolute atomic E-state index is 14.0. The van der Waals surface area contributed by atoms with Crippen molar-refractivity contribution in [1.29, 1.82) is 0 Å². The highest BCUT2D eigenvalue weighted by Gasteiger charge is 2.55. The lowest BCUT2D eigenvalue weighted by atomic mass is 10.0. The van der Waals surface area contributed by atoms with Crippen molar-refractivity contribution in [2.24, 2.45) is 5.92 Å². The van der Waals surface area contributed by atoms with Crippen LogP contribution in [0.2, 0.25) is 0 Å². The SMILES string of the molecule is O=C(NC1CC1)C(=O)C1(NC(=O)C(CS(=O)(=O)CC2CC2)NC(c2ccc(F)cc2)C(F)(F)F)CC1. The number of nitrogens with one attached hydrogen (secondary N) is 3. The van der Waals surface area contributed by atoms with Gasteiger partial charge in [-0.05, 0) is 62.1 Å². The van der Waals surface area contributed by atoms with Crippen LogP contribution >= 0.6 is 0 Å². The van der Waals surface area contributed by atoms with Crippen LogP contribution in [-0.4, -0.2) is 61.3 Å². The van der Waals surface area contributed by atoms with Crippen molar-refractivity contribution in [3.63, 3.8) is 0 Å². The van der Waals surface area contributed by atoms with E-state index in [-0.39, 0.29) is 30.6 Å². The van der Waals surface area contributed by atoms with E-state index >= 15 is 0 Å². The van der Waals surface area contributed by atoms with Crippen LogP contribution in [0.5, 0.6) is 0 Å². The fourth-order valence-electron chi connectivity index (χ4n) is 3.95. The Balaban J connectivity index is 1.55. The van der Waals surface area contributed by atoms with E-state index in [0.29, 0.717) is 12.8 Å². The van der Waals surface area contributed by atoms with Crippen LogP contribution < -0.4 is 16.0 Å². The lowest BCUT2D eigenvalue weighted by Gasteiger charge is -2.28. The minimum Gasteiger partial charge on any atom is -0.347 e. The summed E-state index contributed by atoms with van der Waals surface area (Å²) in [7, 11) is -3.94. The van der Waals surface area contributed by atoms with Crippen LogP contribution in [0.25, 0.3) is 0 Å². The molecule has 3 N–H and O–H groups in total. The van der Waals surface area contributed by atoms with Gasteiger partial charge in [0.15, 0.2) is 9.84 Å². The van der Waals surface area contributed by atoms with Crippen LogP contribution in [0.3, 0.4) is 0 Å². The van der Waals surface area contributed by atoms with Gasteiger partial charge in [0.05, 0.1) is 11.5 Å². The number of hydrogen-bond donors (Lipinski definition) is 3. The Morgan fingerprint density at radius 1 is 1.03 bits per heavy atom. The molecule has 3 aliphatic rings. The van der Waals surface area contributed by atoms with Gasteiger partial charge in [0.2, 0.25) is 11.7 Å². The molecule has 0 aromatic heterocycles. The van der Waals surface area contributed by atoms with Crippen LogP contribution in [0.4, 0.5) is 17.6 Å². The van der Waals surface area contributed by atoms with Gasteiger partial charge >= 0.3 is 6.18 Å². The van der Waals surface area contributed by atoms with Gasteiger partial charge in [-0.25, -0.2) is 12.8 Å². The quantitative estimate of drug-likeness (QED) is 0.278. The zero-order chi connectivity index (χ0) is 26.3. The maximum Gasteiger partial charge on any atom is 0.407 e. The Morgan fingerprint density at radius 2 is 1.64 bits per heavy atom. The second-order valence-corrected chi connectivity index (χ2v) is 12.1. The summed E-state index contributed by atoms with van der Waals surface area (Å²) in [4.78, 5) is 38.0. The molecule has 36 heavy (non-hydrogen) atoms. The molecule has 0 saturated heterocycles. The molecule has 8 nitrogen and oxygen atoms in total. The predicted molar refractivity (Wildman–Crippen MR) is 120 cm³/mol. The molecule has 3 fully saturated rings. The topological polar surface area (TPSA) is 121 Å². The van der Waals surface area contributed by atoms with Crippen molar-refractivity contribution >= 4 is 27.4 Å². The Hall–Kier alpha value is -2.54. The average molecular weight is 534 g/mol. The lowest BCUT2D eigenvalue weighted by molar-refractivity contribution is -0.160. The molecule has 4 rings (SSSR count). The van der Waals surface area contributed by atoms with E-state index in [1.54, 1.807) is 0 Å². The molecule has 2 atom stereocenters. The molecule has 13 heteroatoms. The number of carbonyl (C=O) groups excluding carboxylic acids is 3. The van der Waals surface area contributed by atoms with Crippen molar-refractivity contribution in [3.8, 4) is 0 Å². The number of hydrogen-bond acceptors (Lipinski definition) is 6. The summed E-state index contributed by atoms with van der Waals surface area (Å²) in [6.45, 7) is 0. The number of benzene rings is 1. The fraction of sp³-hybridized carbons (Fsp3) is 0.609. The number of carbonyl (C=O) groups is 3. The van der Waals surface area contributed by atoms with Gasteiger partial charge in [0.25, 0.3) is 5.91 Å². The Morgan fingerprint density at radius 3 is 2.14 bits per heavy atom. The third-order valence-corrected chi connectivity index (χ3v) is 8.31. The first-order valence-electron chi connectivity index (χ1n) is 11.7. The molecule has 3 aliphatic carbocycles. The molecule has 2 amide bonds. The maximum atomic E-state index is 14.0. The second kappa shape index (κ2) is 9.73. The van der Waals surface area contributed by atoms with Crippen molar-refractivity contribution in [3.05, 3.63) is 35.6 Å². The molecule has 0 heterocycles. The number of sulfone groups is 1. The molecule has 3 saturated carbocycles. The molecule has 0 radical (unpaired) electrons. The summed E-state index contributed by atoms with van der Waals surface area (Å²) in [5, 5.41) is 6.95. The van der Waals surface area contributed by atoms with Crippen molar-refractivity contribution in [1.82, 2.24) is 16.0 Å². The highest BCUT2D eigenvalue weighted by molar-refractivity contribution is 7.91. The number of rotatable bonds is 12. The normalized spacial score (nSPS) is 20.8. The molecule has 0 spiro atoms. The van der Waals surface area contributed by atoms with Gasteiger partial charge in [-0.1, -0.05) is 12.1 Å². The van der Waals surface area contributed by atoms with Crippen LogP contribution in [0.15, 0.2) is 24.3 Å². The first-order valence-corrected chi connectivity index (χ1v) is 13.6. The lowest BCUT2D eigenvalue weighted by Crippen LogP contribution is -2.57. The molecule has 198 valence electrons. The van der Waals surface area contributed by atoms with Crippen molar-refractivity contribution < 1.29 is 40.4 Å². The monoisotopic (exact) mass is 533 g/mol. The van der Waals surface area contributed by atoms with E-state index in [1.807, 2.05) is 0 Å². The molecule has 0 bridgehead atoms. The summed E-state index contributed by atoms with van der Waals surface area (Å²) in [6.07, 6.45) is -1.92. The van der Waals surface area contributed by atoms with Crippen molar-refractivity contribution in [2.75, 3.05) is 11.5 Å². The zero-order valence-corrected chi connectivity index (χ0v) is 20.1. The van der Waals surface area contributed by atoms with Gasteiger partial charge in [-0.2, -0.15) is 13.2 Å². The smallest absolute Gasteiger partial charge is 0.347 e. The van der Waals surface area contributed by atoms with E-state index in [4.69, 9.17) is 0 Å². The summed E-state index contributed by atoms with van der Waals surface area (Å²) >= 11 is 0. The molecule has 1 aromatic carbocycles. The van der Waals surface area contributed by atoms with Crippen LogP contribution in [0, 0.1) is 11.7 Å². The standard InChI is InChI=1S/C23H27F4N3O5S/c24-15-5-3-14(4-6-15)18(23(25,26)27)29-17(12-36(34,35)11-13-1-2-13)20(32)30-22(9-10-22)19(31)21(33)28-16-7-8-16/h3-6,13,16-18,29H,1-2,7-12H2,(H,28,33)(H,30,32). The first-order chi connectivity index (χ1) is 16.8. The minimum atomic E-state index is -4.95. The van der Waals surface area contributed by atoms with Crippen LogP contribution in [-0.2, 0) is 24.2 Å². The molecule has 1 aromatic rings. The minimum absolute atomic E-state index is 0.100. The second-order valence-electron chi connectivity index (χ2n) is 9.91. The van der Waals surface area contributed by atoms with Crippen LogP contribution in [0.1, 0.15) is 50.1 Å². The number of alkyl halides is 3. The Bertz CT molecular complexity index is 1130. The predicted octanol–water partition coefficient (Wildman–Crippen LogP) is 1.71. The van der Waals surface area contributed by atoms with Gasteiger partial charge < -0.3 is 10.6 Å². The third kappa shape index (κ3) is 6.81. The van der Waals surface area contributed by atoms with Crippen molar-refractivity contribution in [2.45, 2.75) is 68.4 Å². The van der Waals surface area contributed by atoms with E-state index in [1.165, 1.54) is 0 Å². The van der Waals surface area contributed by atoms with Gasteiger partial charge in [-0.15, -0.1) is 0 Å². The summed E-state index contributed by atoms with van der Waals surface area (Å²) in [6, 6.07) is -1.03. The molecule has 0 aliphatic heterocycles. The van der Waals surface area contributed by atoms with E-state index in [0.717, 1.165) is 37.1 Å². The zero-order valence-electron chi connectivity index (χ0n) is 19.2. The summed E-state index contributed by atoms with van der Waals surface area (Å²) < 4.78 is 80.5. The molecule has 2 unspecified atom stereocenters. The third-order valence-electron chi connectivity index (χ3n) is 6.49. The van der Waals surface area contributed by atoms with Gasteiger partial charge in [-0.3, -0.25) is 19.7 Å². The summed E-state index contributed by atoms with van der Waals surface area (Å²) in [5.41, 5.74) is -1.98.